The summed E-state index contributed by atoms with van der Waals surface area (Å²) >= 11 is 0. The van der Waals surface area contributed by atoms with Crippen molar-refractivity contribution in [3.8, 4) is 0 Å². The van der Waals surface area contributed by atoms with E-state index in [1.54, 1.807) is 0 Å². The molecule has 0 spiro atoms. The summed E-state index contributed by atoms with van der Waals surface area (Å²) in [6.45, 7) is 7.40. The molecule has 2 unspecified atom stereocenters. The van der Waals surface area contributed by atoms with Crippen LogP contribution in [0.4, 0.5) is 0 Å². The molecule has 1 heteroatoms. The van der Waals surface area contributed by atoms with Crippen LogP contribution in [0, 0.1) is 23.7 Å². The second-order valence-corrected chi connectivity index (χ2v) is 22.0. The number of hydrogen-bond donors (Lipinski definition) is 1. The Morgan fingerprint density at radius 3 is 0.613 bits per heavy atom. The molecular weight excluding hydrogens is 749 g/mol. The van der Waals surface area contributed by atoms with Gasteiger partial charge in [-0.1, -0.05) is 342 Å². The summed E-state index contributed by atoms with van der Waals surface area (Å²) in [4.78, 5) is 0. The lowest BCUT2D eigenvalue weighted by Crippen LogP contribution is -2.34. The van der Waals surface area contributed by atoms with Crippen molar-refractivity contribution in [3.63, 3.8) is 0 Å². The minimum absolute atomic E-state index is 0.441. The van der Waals surface area contributed by atoms with Crippen LogP contribution < -0.4 is 0 Å². The van der Waals surface area contributed by atoms with Gasteiger partial charge in [0.2, 0.25) is 0 Å². The van der Waals surface area contributed by atoms with Gasteiger partial charge in [0.05, 0.1) is 0 Å². The zero-order chi connectivity index (χ0) is 44.5. The summed E-state index contributed by atoms with van der Waals surface area (Å²) in [6, 6.07) is 0. The first kappa shape index (κ1) is 60.0. The van der Waals surface area contributed by atoms with E-state index in [1.165, 1.54) is 340 Å². The highest BCUT2D eigenvalue weighted by molar-refractivity contribution is 4.86. The molecule has 1 aliphatic carbocycles. The molecule has 2 atom stereocenters. The van der Waals surface area contributed by atoms with Crippen molar-refractivity contribution < 1.29 is 5.11 Å². The topological polar surface area (TPSA) is 20.2 Å². The highest BCUT2D eigenvalue weighted by Gasteiger charge is 2.36. The van der Waals surface area contributed by atoms with E-state index in [0.29, 0.717) is 12.5 Å². The van der Waals surface area contributed by atoms with Crippen molar-refractivity contribution in [3.05, 3.63) is 0 Å². The third-order valence-electron chi connectivity index (χ3n) is 16.0. The van der Waals surface area contributed by atoms with Crippen LogP contribution in [0.3, 0.4) is 0 Å². The minimum Gasteiger partial charge on any atom is -0.396 e. The fourth-order valence-corrected chi connectivity index (χ4v) is 11.8. The molecule has 1 aliphatic rings. The Morgan fingerprint density at radius 1 is 0.242 bits per heavy atom. The monoisotopic (exact) mass is 871 g/mol. The molecule has 1 rings (SSSR count). The first-order valence-corrected chi connectivity index (χ1v) is 30.4. The largest absolute Gasteiger partial charge is 0.396 e. The lowest BCUT2D eigenvalue weighted by atomic mass is 9.63. The summed E-state index contributed by atoms with van der Waals surface area (Å²) in [6.07, 6.45) is 77.2. The van der Waals surface area contributed by atoms with Crippen LogP contribution in [-0.2, 0) is 0 Å². The van der Waals surface area contributed by atoms with E-state index < -0.39 is 0 Å². The predicted molar refractivity (Wildman–Crippen MR) is 283 cm³/mol. The van der Waals surface area contributed by atoms with Crippen LogP contribution in [0.25, 0.3) is 0 Å². The Bertz CT molecular complexity index is 759. The van der Waals surface area contributed by atoms with E-state index in [-0.39, 0.29) is 0 Å². The first-order chi connectivity index (χ1) is 30.8. The van der Waals surface area contributed by atoms with Crippen molar-refractivity contribution >= 4 is 0 Å². The number of rotatable bonds is 52. The zero-order valence-electron chi connectivity index (χ0n) is 43.9. The fourth-order valence-electron chi connectivity index (χ4n) is 11.8. The highest BCUT2D eigenvalue weighted by atomic mass is 16.3. The van der Waals surface area contributed by atoms with Gasteiger partial charge in [0.1, 0.15) is 0 Å². The summed E-state index contributed by atoms with van der Waals surface area (Å²) in [7, 11) is 0. The molecule has 1 nitrogen and oxygen atoms in total. The van der Waals surface area contributed by atoms with E-state index in [2.05, 4.69) is 20.8 Å². The Balaban J connectivity index is 2.35. The van der Waals surface area contributed by atoms with Gasteiger partial charge in [-0.15, -0.1) is 0 Å². The molecule has 62 heavy (non-hydrogen) atoms. The number of unbranched alkanes of at least 4 members (excludes halogenated alkanes) is 45. The van der Waals surface area contributed by atoms with Gasteiger partial charge in [-0.2, -0.15) is 0 Å². The maximum atomic E-state index is 10.5. The van der Waals surface area contributed by atoms with Gasteiger partial charge < -0.3 is 5.11 Å². The second-order valence-electron chi connectivity index (χ2n) is 22.0. The molecule has 0 aliphatic heterocycles. The normalized spacial score (nSPS) is 18.0. The maximum Gasteiger partial charge on any atom is 0.0459 e. The fraction of sp³-hybridized carbons (Fsp3) is 1.00. The van der Waals surface area contributed by atoms with Gasteiger partial charge in [-0.25, -0.2) is 0 Å². The van der Waals surface area contributed by atoms with E-state index in [4.69, 9.17) is 0 Å². The zero-order valence-corrected chi connectivity index (χ0v) is 43.9. The third-order valence-corrected chi connectivity index (χ3v) is 16.0. The van der Waals surface area contributed by atoms with Gasteiger partial charge in [0, 0.05) is 6.61 Å². The predicted octanol–water partition coefficient (Wildman–Crippen LogP) is 22.2. The molecular formula is C61H122O. The van der Waals surface area contributed by atoms with Gasteiger partial charge in [-0.05, 0) is 42.9 Å². The minimum atomic E-state index is 0.441. The van der Waals surface area contributed by atoms with E-state index in [1.807, 2.05) is 0 Å². The molecule has 0 aromatic rings. The van der Waals surface area contributed by atoms with Gasteiger partial charge >= 0.3 is 0 Å². The Kier molecular flexibility index (Phi) is 48.7. The Morgan fingerprint density at radius 2 is 0.419 bits per heavy atom. The van der Waals surface area contributed by atoms with Crippen LogP contribution in [0.5, 0.6) is 0 Å². The molecule has 372 valence electrons. The summed E-state index contributed by atoms with van der Waals surface area (Å²) in [5, 5.41) is 10.5. The first-order valence-electron chi connectivity index (χ1n) is 30.4. The highest BCUT2D eigenvalue weighted by Crippen LogP contribution is 2.45. The van der Waals surface area contributed by atoms with Crippen LogP contribution in [0.1, 0.15) is 361 Å². The molecule has 0 radical (unpaired) electrons. The summed E-state index contributed by atoms with van der Waals surface area (Å²) in [5.41, 5.74) is 0. The van der Waals surface area contributed by atoms with E-state index in [9.17, 15) is 5.11 Å². The molecule has 0 aromatic carbocycles. The maximum absolute atomic E-state index is 10.5. The van der Waals surface area contributed by atoms with Gasteiger partial charge in [0.15, 0.2) is 0 Å². The molecule has 1 fully saturated rings. The molecule has 0 amide bonds. The lowest BCUT2D eigenvalue weighted by Gasteiger charge is -2.42. The molecule has 1 N–H and O–H groups in total. The third kappa shape index (κ3) is 40.3. The smallest absolute Gasteiger partial charge is 0.0459 e. The Labute approximate surface area is 394 Å². The number of aliphatic hydroxyl groups is 1. The number of aliphatic hydroxyl groups excluding tert-OH is 1. The van der Waals surface area contributed by atoms with Gasteiger partial charge in [-0.3, -0.25) is 0 Å². The van der Waals surface area contributed by atoms with Crippen LogP contribution in [0.15, 0.2) is 0 Å². The summed E-state index contributed by atoms with van der Waals surface area (Å²) in [5.74, 6) is 3.29. The van der Waals surface area contributed by atoms with Crippen molar-refractivity contribution in [2.45, 2.75) is 361 Å². The number of hydrogen-bond acceptors (Lipinski definition) is 1. The average Bonchev–Trinajstić information content (AvgIpc) is 3.28. The van der Waals surface area contributed by atoms with E-state index in [0.717, 1.165) is 17.8 Å². The molecule has 0 bridgehead atoms. The van der Waals surface area contributed by atoms with Crippen molar-refractivity contribution in [1.29, 1.82) is 0 Å². The SMILES string of the molecule is CCCCCCCCCCCCCCCCCCC1CC(CO)CC(CCCCCCCCCCCCCCCCCC)C1CCCCCCCCCCCCCCCCCC. The summed E-state index contributed by atoms with van der Waals surface area (Å²) < 4.78 is 0. The van der Waals surface area contributed by atoms with E-state index >= 15 is 0 Å². The van der Waals surface area contributed by atoms with Crippen LogP contribution in [-0.4, -0.2) is 11.7 Å². The van der Waals surface area contributed by atoms with Crippen molar-refractivity contribution in [2.24, 2.45) is 23.7 Å². The van der Waals surface area contributed by atoms with Crippen molar-refractivity contribution in [1.82, 2.24) is 0 Å². The standard InChI is InChI=1S/C61H122O/c1-4-7-10-13-16-19-22-25-28-31-34-37-40-43-46-49-52-59-55-58(57-62)56-60(53-50-47-44-41-38-35-32-29-26-23-20-17-14-11-8-5-2)61(59)54-51-48-45-42-39-36-33-30-27-24-21-18-15-12-9-6-3/h58-62H,4-57H2,1-3H3. The van der Waals surface area contributed by atoms with Crippen molar-refractivity contribution in [2.75, 3.05) is 6.61 Å². The molecule has 0 saturated heterocycles. The lowest BCUT2D eigenvalue weighted by molar-refractivity contribution is 0.0514. The molecule has 0 aromatic heterocycles. The quantitative estimate of drug-likeness (QED) is 0.0604. The Hall–Kier alpha value is -0.0400. The molecule has 1 saturated carbocycles. The van der Waals surface area contributed by atoms with Gasteiger partial charge in [0.25, 0.3) is 0 Å². The second kappa shape index (κ2) is 50.4. The van der Waals surface area contributed by atoms with Crippen LogP contribution in [0.2, 0.25) is 0 Å². The van der Waals surface area contributed by atoms with Crippen LogP contribution >= 0.6 is 0 Å². The molecule has 0 heterocycles. The average molecular weight is 872 g/mol.